The normalized spacial score (nSPS) is 12.6. The van der Waals surface area contributed by atoms with Crippen molar-refractivity contribution in [3.05, 3.63) is 271 Å². The zero-order valence-electron chi connectivity index (χ0n) is 34.6. The van der Waals surface area contributed by atoms with Crippen LogP contribution < -0.4 is 5.32 Å². The molecular formula is C61H42N2. The highest BCUT2D eigenvalue weighted by molar-refractivity contribution is 6.10. The van der Waals surface area contributed by atoms with Gasteiger partial charge < -0.3 is 9.88 Å². The van der Waals surface area contributed by atoms with E-state index in [2.05, 4.69) is 259 Å². The molecule has 0 bridgehead atoms. The summed E-state index contributed by atoms with van der Waals surface area (Å²) in [7, 11) is 0. The molecule has 1 aromatic heterocycles. The fraction of sp³-hybridized carbons (Fsp3) is 0.0164. The van der Waals surface area contributed by atoms with Crippen LogP contribution in [0.5, 0.6) is 0 Å². The predicted molar refractivity (Wildman–Crippen MR) is 264 cm³/mol. The Morgan fingerprint density at radius 3 is 1.59 bits per heavy atom. The lowest BCUT2D eigenvalue weighted by Crippen LogP contribution is -2.29. The molecule has 0 saturated heterocycles. The number of aromatic nitrogens is 1. The number of rotatable bonds is 8. The molecule has 2 heteroatoms. The zero-order chi connectivity index (χ0) is 41.7. The van der Waals surface area contributed by atoms with E-state index in [0.29, 0.717) is 0 Å². The van der Waals surface area contributed by atoms with E-state index in [4.69, 9.17) is 0 Å². The lowest BCUT2D eigenvalue weighted by molar-refractivity contribution is 0.770. The highest BCUT2D eigenvalue weighted by atomic mass is 15.0. The van der Waals surface area contributed by atoms with Crippen molar-refractivity contribution in [2.75, 3.05) is 5.32 Å². The minimum absolute atomic E-state index is 0.564. The summed E-state index contributed by atoms with van der Waals surface area (Å²) in [5.74, 6) is 0. The SMILES string of the molecule is c1ccc(-c2ccc(-c3c(Nc4ccc(-c5ccc6c(c5)c5ccccc5n6-c5ccccc5)cc4)ccc4c3C(c3ccccc3)(c3ccccc3)c3ccccc3-4)cc2)cc1. The second-order valence-corrected chi connectivity index (χ2v) is 16.5. The van der Waals surface area contributed by atoms with Gasteiger partial charge in [0.05, 0.1) is 16.4 Å². The number of hydrogen-bond donors (Lipinski definition) is 1. The van der Waals surface area contributed by atoms with Gasteiger partial charge in [0.1, 0.15) is 0 Å². The van der Waals surface area contributed by atoms with Crippen molar-refractivity contribution in [3.8, 4) is 50.2 Å². The van der Waals surface area contributed by atoms with Crippen molar-refractivity contribution < 1.29 is 0 Å². The molecule has 10 aromatic carbocycles. The van der Waals surface area contributed by atoms with Crippen molar-refractivity contribution in [3.63, 3.8) is 0 Å². The average Bonchev–Trinajstić information content (AvgIpc) is 3.86. The van der Waals surface area contributed by atoms with Gasteiger partial charge in [0.15, 0.2) is 0 Å². The van der Waals surface area contributed by atoms with Crippen LogP contribution >= 0.6 is 0 Å². The quantitative estimate of drug-likeness (QED) is 0.162. The lowest BCUT2D eigenvalue weighted by Gasteiger charge is -2.36. The maximum absolute atomic E-state index is 3.97. The molecule has 0 atom stereocenters. The summed E-state index contributed by atoms with van der Waals surface area (Å²) in [6.45, 7) is 0. The molecular weight excluding hydrogens is 761 g/mol. The minimum Gasteiger partial charge on any atom is -0.355 e. The topological polar surface area (TPSA) is 17.0 Å². The molecule has 0 radical (unpaired) electrons. The second kappa shape index (κ2) is 15.1. The summed E-state index contributed by atoms with van der Waals surface area (Å²) in [6, 6.07) is 90.8. The number of nitrogens with one attached hydrogen (secondary N) is 1. The Morgan fingerprint density at radius 1 is 0.349 bits per heavy atom. The van der Waals surface area contributed by atoms with Crippen LogP contribution in [-0.2, 0) is 5.41 Å². The largest absolute Gasteiger partial charge is 0.355 e. The minimum atomic E-state index is -0.564. The summed E-state index contributed by atoms with van der Waals surface area (Å²) in [6.07, 6.45) is 0. The lowest BCUT2D eigenvalue weighted by atomic mass is 9.66. The number of anilines is 2. The number of benzene rings is 10. The predicted octanol–water partition coefficient (Wildman–Crippen LogP) is 15.9. The van der Waals surface area contributed by atoms with Crippen molar-refractivity contribution in [2.45, 2.75) is 5.41 Å². The van der Waals surface area contributed by atoms with Gasteiger partial charge >= 0.3 is 0 Å². The summed E-state index contributed by atoms with van der Waals surface area (Å²) < 4.78 is 2.37. The van der Waals surface area contributed by atoms with E-state index in [-0.39, 0.29) is 0 Å². The molecule has 0 saturated carbocycles. The Hall–Kier alpha value is -8.20. The van der Waals surface area contributed by atoms with Crippen LogP contribution in [0.15, 0.2) is 249 Å². The molecule has 1 N–H and O–H groups in total. The van der Waals surface area contributed by atoms with Crippen molar-refractivity contribution in [1.82, 2.24) is 4.57 Å². The summed E-state index contributed by atoms with van der Waals surface area (Å²) >= 11 is 0. The van der Waals surface area contributed by atoms with Gasteiger partial charge in [-0.05, 0) is 110 Å². The van der Waals surface area contributed by atoms with Gasteiger partial charge in [0.2, 0.25) is 0 Å². The maximum atomic E-state index is 3.97. The van der Waals surface area contributed by atoms with Gasteiger partial charge in [-0.2, -0.15) is 0 Å². The van der Waals surface area contributed by atoms with Gasteiger partial charge in [-0.1, -0.05) is 200 Å². The van der Waals surface area contributed by atoms with E-state index >= 15 is 0 Å². The zero-order valence-corrected chi connectivity index (χ0v) is 34.6. The van der Waals surface area contributed by atoms with Crippen LogP contribution in [0.4, 0.5) is 11.4 Å². The summed E-state index contributed by atoms with van der Waals surface area (Å²) in [5.41, 5.74) is 19.8. The fourth-order valence-corrected chi connectivity index (χ4v) is 10.3. The first-order chi connectivity index (χ1) is 31.3. The molecule has 0 unspecified atom stereocenters. The number of nitrogens with zero attached hydrogens (tertiary/aromatic N) is 1. The fourth-order valence-electron chi connectivity index (χ4n) is 10.3. The Bertz CT molecular complexity index is 3380. The monoisotopic (exact) mass is 802 g/mol. The molecule has 296 valence electrons. The van der Waals surface area contributed by atoms with Gasteiger partial charge in [-0.3, -0.25) is 0 Å². The average molecular weight is 803 g/mol. The van der Waals surface area contributed by atoms with Crippen LogP contribution in [0.25, 0.3) is 72.0 Å². The smallest absolute Gasteiger partial charge is 0.0720 e. The molecule has 2 nitrogen and oxygen atoms in total. The van der Waals surface area contributed by atoms with Gasteiger partial charge in [-0.15, -0.1) is 0 Å². The first-order valence-corrected chi connectivity index (χ1v) is 21.8. The van der Waals surface area contributed by atoms with Crippen molar-refractivity contribution in [2.24, 2.45) is 0 Å². The van der Waals surface area contributed by atoms with E-state index in [9.17, 15) is 0 Å². The molecule has 12 rings (SSSR count). The van der Waals surface area contributed by atoms with E-state index in [1.165, 1.54) is 88.7 Å². The summed E-state index contributed by atoms with van der Waals surface area (Å²) in [4.78, 5) is 0. The van der Waals surface area contributed by atoms with Crippen molar-refractivity contribution >= 4 is 33.2 Å². The van der Waals surface area contributed by atoms with E-state index in [1.54, 1.807) is 0 Å². The van der Waals surface area contributed by atoms with Crippen molar-refractivity contribution in [1.29, 1.82) is 0 Å². The van der Waals surface area contributed by atoms with E-state index < -0.39 is 5.41 Å². The van der Waals surface area contributed by atoms with Gasteiger partial charge in [-0.25, -0.2) is 0 Å². The van der Waals surface area contributed by atoms with Crippen LogP contribution in [0, 0.1) is 0 Å². The maximum Gasteiger partial charge on any atom is 0.0720 e. The molecule has 0 amide bonds. The third-order valence-corrected chi connectivity index (χ3v) is 13.1. The first kappa shape index (κ1) is 36.6. The van der Waals surface area contributed by atoms with Crippen LogP contribution in [0.1, 0.15) is 22.3 Å². The van der Waals surface area contributed by atoms with E-state index in [1.807, 2.05) is 0 Å². The number of fused-ring (bicyclic) bond motifs is 6. The third-order valence-electron chi connectivity index (χ3n) is 13.1. The Morgan fingerprint density at radius 2 is 0.873 bits per heavy atom. The van der Waals surface area contributed by atoms with Crippen LogP contribution in [0.3, 0.4) is 0 Å². The summed E-state index contributed by atoms with van der Waals surface area (Å²) in [5, 5.41) is 6.46. The Balaban J connectivity index is 1.01. The standard InChI is InChI=1S/C61H42N2/c1-5-17-42(18-6-1)43-29-31-45(32-30-43)59-56(39-38-53-51-25-13-15-27-55(51)61(60(53)59,47-19-7-2-8-20-47)48-21-9-3-10-22-48)62-49-36-33-44(34-37-49)46-35-40-58-54(41-46)52-26-14-16-28-57(52)63(58)50-23-11-4-12-24-50/h1-41,62H. The molecule has 1 aliphatic carbocycles. The van der Waals surface area contributed by atoms with E-state index in [0.717, 1.165) is 16.9 Å². The van der Waals surface area contributed by atoms with Gasteiger partial charge in [0, 0.05) is 33.4 Å². The Kier molecular flexibility index (Phi) is 8.76. The molecule has 1 heterocycles. The first-order valence-electron chi connectivity index (χ1n) is 21.8. The molecule has 63 heavy (non-hydrogen) atoms. The molecule has 0 fully saturated rings. The van der Waals surface area contributed by atoms with Gasteiger partial charge in [0.25, 0.3) is 0 Å². The second-order valence-electron chi connectivity index (χ2n) is 16.5. The number of para-hydroxylation sites is 2. The Labute approximate surface area is 368 Å². The highest BCUT2D eigenvalue weighted by Crippen LogP contribution is 2.60. The molecule has 1 aliphatic rings. The molecule has 0 spiro atoms. The van der Waals surface area contributed by atoms with Crippen LogP contribution in [-0.4, -0.2) is 4.57 Å². The molecule has 0 aliphatic heterocycles. The highest BCUT2D eigenvalue weighted by Gasteiger charge is 2.48. The molecule has 11 aromatic rings. The van der Waals surface area contributed by atoms with Crippen LogP contribution in [0.2, 0.25) is 0 Å². The third kappa shape index (κ3) is 5.95. The number of hydrogen-bond acceptors (Lipinski definition) is 1.